The minimum atomic E-state index is 0.0839. The van der Waals surface area contributed by atoms with Crippen LogP contribution in [0, 0.1) is 5.92 Å². The molecule has 0 atom stereocenters. The maximum absolute atomic E-state index is 10.6. The van der Waals surface area contributed by atoms with E-state index in [0.717, 1.165) is 12.5 Å². The predicted molar refractivity (Wildman–Crippen MR) is 40.8 cm³/mol. The topological polar surface area (TPSA) is 29.1 Å². The van der Waals surface area contributed by atoms with Crippen molar-refractivity contribution in [3.05, 3.63) is 12.7 Å². The van der Waals surface area contributed by atoms with Crippen LogP contribution in [0.1, 0.15) is 12.8 Å². The van der Waals surface area contributed by atoms with E-state index < -0.39 is 0 Å². The van der Waals surface area contributed by atoms with Gasteiger partial charge in [-0.05, 0) is 31.4 Å². The van der Waals surface area contributed by atoms with Gasteiger partial charge in [0, 0.05) is 0 Å². The van der Waals surface area contributed by atoms with Crippen LogP contribution in [0.2, 0.25) is 0 Å². The number of hydrogen-bond acceptors (Lipinski definition) is 2. The summed E-state index contributed by atoms with van der Waals surface area (Å²) in [6.07, 6.45) is 4.02. The zero-order valence-corrected chi connectivity index (χ0v) is 6.10. The zero-order valence-electron chi connectivity index (χ0n) is 6.10. The average molecular weight is 139 g/mol. The molecule has 0 unspecified atom stereocenters. The Hall–Kier alpha value is -0.630. The second-order valence-corrected chi connectivity index (χ2v) is 2.74. The first kappa shape index (κ1) is 7.48. The molecule has 1 N–H and O–H groups in total. The summed E-state index contributed by atoms with van der Waals surface area (Å²) in [6, 6.07) is 0. The van der Waals surface area contributed by atoms with Crippen molar-refractivity contribution in [3.8, 4) is 0 Å². The summed E-state index contributed by atoms with van der Waals surface area (Å²) in [7, 11) is 0. The van der Waals surface area contributed by atoms with Crippen LogP contribution in [0.15, 0.2) is 12.7 Å². The number of carbonyl (C=O) groups excluding carboxylic acids is 1. The minimum Gasteiger partial charge on any atom is -0.309 e. The fourth-order valence-corrected chi connectivity index (χ4v) is 0.794. The van der Waals surface area contributed by atoms with Gasteiger partial charge in [-0.3, -0.25) is 4.79 Å². The van der Waals surface area contributed by atoms with Crippen LogP contribution in [0.5, 0.6) is 0 Å². The highest BCUT2D eigenvalue weighted by atomic mass is 16.1. The van der Waals surface area contributed by atoms with Crippen molar-refractivity contribution < 1.29 is 4.79 Å². The first-order valence-corrected chi connectivity index (χ1v) is 3.69. The van der Waals surface area contributed by atoms with E-state index in [1.54, 1.807) is 0 Å². The molecule has 0 aromatic heterocycles. The monoisotopic (exact) mass is 139 g/mol. The maximum atomic E-state index is 10.6. The van der Waals surface area contributed by atoms with E-state index in [1.807, 2.05) is 0 Å². The van der Waals surface area contributed by atoms with Crippen LogP contribution in [0.4, 0.5) is 0 Å². The van der Waals surface area contributed by atoms with Gasteiger partial charge in [-0.1, -0.05) is 6.58 Å². The number of nitrogens with one attached hydrogen (secondary N) is 1. The second-order valence-electron chi connectivity index (χ2n) is 2.74. The van der Waals surface area contributed by atoms with E-state index in [2.05, 4.69) is 11.9 Å². The van der Waals surface area contributed by atoms with Crippen LogP contribution < -0.4 is 5.32 Å². The van der Waals surface area contributed by atoms with Gasteiger partial charge in [0.25, 0.3) is 0 Å². The molecular formula is C8H13NO. The van der Waals surface area contributed by atoms with Crippen molar-refractivity contribution >= 4 is 5.78 Å². The van der Waals surface area contributed by atoms with Crippen molar-refractivity contribution in [3.63, 3.8) is 0 Å². The highest BCUT2D eigenvalue weighted by Crippen LogP contribution is 2.27. The lowest BCUT2D eigenvalue weighted by molar-refractivity contribution is -0.113. The number of hydrogen-bond donors (Lipinski definition) is 1. The molecule has 1 aliphatic rings. The summed E-state index contributed by atoms with van der Waals surface area (Å²) in [5.74, 6) is 0.929. The Balaban J connectivity index is 1.93. The Labute approximate surface area is 61.3 Å². The SMILES string of the molecule is C=CC(=O)CNCC1CC1. The lowest BCUT2D eigenvalue weighted by atomic mass is 10.3. The van der Waals surface area contributed by atoms with Crippen molar-refractivity contribution in [1.82, 2.24) is 5.32 Å². The zero-order chi connectivity index (χ0) is 7.40. The quantitative estimate of drug-likeness (QED) is 0.569. The standard InChI is InChI=1S/C8H13NO/c1-2-8(10)6-9-5-7-3-4-7/h2,7,9H,1,3-6H2. The van der Waals surface area contributed by atoms with Crippen LogP contribution >= 0.6 is 0 Å². The van der Waals surface area contributed by atoms with E-state index >= 15 is 0 Å². The molecule has 0 spiro atoms. The highest BCUT2D eigenvalue weighted by molar-refractivity contribution is 5.90. The van der Waals surface area contributed by atoms with Crippen LogP contribution in [0.25, 0.3) is 0 Å². The minimum absolute atomic E-state index is 0.0839. The molecule has 0 heterocycles. The van der Waals surface area contributed by atoms with E-state index in [0.29, 0.717) is 6.54 Å². The van der Waals surface area contributed by atoms with Gasteiger partial charge in [-0.2, -0.15) is 0 Å². The second kappa shape index (κ2) is 3.52. The average Bonchev–Trinajstić information content (AvgIpc) is 2.71. The number of rotatable bonds is 5. The maximum Gasteiger partial charge on any atom is 0.168 e. The molecule has 0 bridgehead atoms. The summed E-state index contributed by atoms with van der Waals surface area (Å²) in [5.41, 5.74) is 0. The van der Waals surface area contributed by atoms with Gasteiger partial charge in [0.1, 0.15) is 0 Å². The van der Waals surface area contributed by atoms with Gasteiger partial charge in [0.2, 0.25) is 0 Å². The Morgan fingerprint density at radius 3 is 2.90 bits per heavy atom. The summed E-state index contributed by atoms with van der Waals surface area (Å²) < 4.78 is 0. The van der Waals surface area contributed by atoms with Crippen molar-refractivity contribution in [2.75, 3.05) is 13.1 Å². The van der Waals surface area contributed by atoms with Gasteiger partial charge in [0.05, 0.1) is 6.54 Å². The molecule has 2 heteroatoms. The fourth-order valence-electron chi connectivity index (χ4n) is 0.794. The molecule has 1 aliphatic carbocycles. The summed E-state index contributed by atoms with van der Waals surface area (Å²) >= 11 is 0. The molecule has 1 saturated carbocycles. The van der Waals surface area contributed by atoms with E-state index in [4.69, 9.17) is 0 Å². The molecule has 56 valence electrons. The number of carbonyl (C=O) groups is 1. The van der Waals surface area contributed by atoms with Gasteiger partial charge in [-0.15, -0.1) is 0 Å². The largest absolute Gasteiger partial charge is 0.309 e. The van der Waals surface area contributed by atoms with Crippen molar-refractivity contribution in [2.24, 2.45) is 5.92 Å². The molecule has 0 radical (unpaired) electrons. The van der Waals surface area contributed by atoms with Crippen LogP contribution in [-0.2, 0) is 4.79 Å². The molecule has 0 aromatic rings. The number of ketones is 1. The predicted octanol–water partition coefficient (Wildman–Crippen LogP) is 0.741. The summed E-state index contributed by atoms with van der Waals surface area (Å²) in [6.45, 7) is 4.84. The Kier molecular flexibility index (Phi) is 2.63. The lowest BCUT2D eigenvalue weighted by Crippen LogP contribution is -2.23. The highest BCUT2D eigenvalue weighted by Gasteiger charge is 2.20. The molecule has 1 fully saturated rings. The van der Waals surface area contributed by atoms with Crippen molar-refractivity contribution in [2.45, 2.75) is 12.8 Å². The molecule has 0 aromatic carbocycles. The Morgan fingerprint density at radius 1 is 1.70 bits per heavy atom. The van der Waals surface area contributed by atoms with E-state index in [1.165, 1.54) is 18.9 Å². The smallest absolute Gasteiger partial charge is 0.168 e. The van der Waals surface area contributed by atoms with Gasteiger partial charge in [-0.25, -0.2) is 0 Å². The van der Waals surface area contributed by atoms with Gasteiger partial charge in [0.15, 0.2) is 5.78 Å². The van der Waals surface area contributed by atoms with Crippen molar-refractivity contribution in [1.29, 1.82) is 0 Å². The Bertz CT molecular complexity index is 138. The molecule has 10 heavy (non-hydrogen) atoms. The van der Waals surface area contributed by atoms with Crippen LogP contribution in [0.3, 0.4) is 0 Å². The Morgan fingerprint density at radius 2 is 2.40 bits per heavy atom. The molecule has 0 saturated heterocycles. The fraction of sp³-hybridized carbons (Fsp3) is 0.625. The third-order valence-electron chi connectivity index (χ3n) is 1.66. The molecule has 1 rings (SSSR count). The molecule has 2 nitrogen and oxygen atoms in total. The third-order valence-corrected chi connectivity index (χ3v) is 1.66. The third kappa shape index (κ3) is 2.78. The normalized spacial score (nSPS) is 16.8. The molecular weight excluding hydrogens is 126 g/mol. The van der Waals surface area contributed by atoms with E-state index in [9.17, 15) is 4.79 Å². The first-order chi connectivity index (χ1) is 4.83. The molecule has 0 amide bonds. The summed E-state index contributed by atoms with van der Waals surface area (Å²) in [5, 5.41) is 3.08. The lowest BCUT2D eigenvalue weighted by Gasteiger charge is -1.97. The summed E-state index contributed by atoms with van der Waals surface area (Å²) in [4.78, 5) is 10.6. The van der Waals surface area contributed by atoms with Gasteiger partial charge < -0.3 is 5.32 Å². The van der Waals surface area contributed by atoms with Crippen LogP contribution in [-0.4, -0.2) is 18.9 Å². The van der Waals surface area contributed by atoms with E-state index in [-0.39, 0.29) is 5.78 Å². The molecule has 0 aliphatic heterocycles. The van der Waals surface area contributed by atoms with Gasteiger partial charge >= 0.3 is 0 Å². The first-order valence-electron chi connectivity index (χ1n) is 3.69.